The minimum atomic E-state index is -0.233. The first kappa shape index (κ1) is 20.3. The fourth-order valence-corrected chi connectivity index (χ4v) is 3.82. The van der Waals surface area contributed by atoms with Crippen LogP contribution in [0.2, 0.25) is 5.02 Å². The second-order valence-corrected chi connectivity index (χ2v) is 7.79. The second-order valence-electron chi connectivity index (χ2n) is 7.39. The number of hydrogen-bond acceptors (Lipinski definition) is 7. The number of allylic oxidation sites excluding steroid dienone is 1. The Morgan fingerprint density at radius 1 is 1.27 bits per heavy atom. The van der Waals surface area contributed by atoms with Gasteiger partial charge in [0.2, 0.25) is 0 Å². The van der Waals surface area contributed by atoms with Crippen LogP contribution in [0.4, 0.5) is 0 Å². The zero-order valence-electron chi connectivity index (χ0n) is 16.6. The third kappa shape index (κ3) is 4.44. The van der Waals surface area contributed by atoms with Crippen LogP contribution in [0.1, 0.15) is 54.5 Å². The summed E-state index contributed by atoms with van der Waals surface area (Å²) >= 11 is 6.23. The molecular weight excluding hydrogens is 404 g/mol. The SMILES string of the molecule is CC(N)=C(c1nc(C2CCNCC2)cc(=O)[nH]1)c1nc(Cc2ccccc2Cl)no1. The van der Waals surface area contributed by atoms with Crippen LogP contribution in [0, 0.1) is 0 Å². The molecule has 4 N–H and O–H groups in total. The number of H-pyrrole nitrogens is 1. The van der Waals surface area contributed by atoms with E-state index in [1.54, 1.807) is 13.0 Å². The summed E-state index contributed by atoms with van der Waals surface area (Å²) in [5, 5.41) is 8.01. The lowest BCUT2D eigenvalue weighted by Gasteiger charge is -2.22. The fourth-order valence-electron chi connectivity index (χ4n) is 3.62. The van der Waals surface area contributed by atoms with Crippen LogP contribution in [0.5, 0.6) is 0 Å². The molecule has 9 heteroatoms. The molecule has 3 aromatic rings. The molecule has 0 radical (unpaired) electrons. The molecule has 8 nitrogen and oxygen atoms in total. The van der Waals surface area contributed by atoms with E-state index in [4.69, 9.17) is 26.8 Å². The Labute approximate surface area is 178 Å². The first-order valence-electron chi connectivity index (χ1n) is 9.86. The quantitative estimate of drug-likeness (QED) is 0.573. The fraction of sp³-hybridized carbons (Fsp3) is 0.333. The molecule has 0 unspecified atom stereocenters. The predicted molar refractivity (Wildman–Crippen MR) is 114 cm³/mol. The molecule has 3 heterocycles. The van der Waals surface area contributed by atoms with Gasteiger partial charge in [0.05, 0.1) is 5.69 Å². The molecular formula is C21H23ClN6O2. The molecule has 1 aliphatic heterocycles. The molecule has 1 aliphatic rings. The number of piperidine rings is 1. The molecule has 2 aromatic heterocycles. The van der Waals surface area contributed by atoms with Gasteiger partial charge in [0.1, 0.15) is 11.4 Å². The highest BCUT2D eigenvalue weighted by atomic mass is 35.5. The maximum Gasteiger partial charge on any atom is 0.263 e. The number of nitrogens with two attached hydrogens (primary N) is 1. The molecule has 1 aromatic carbocycles. The monoisotopic (exact) mass is 426 g/mol. The van der Waals surface area contributed by atoms with Crippen LogP contribution >= 0.6 is 11.6 Å². The average Bonchev–Trinajstić information content (AvgIpc) is 3.18. The normalized spacial score (nSPS) is 15.8. The molecule has 4 rings (SSSR count). The van der Waals surface area contributed by atoms with Crippen LogP contribution in [0.25, 0.3) is 5.57 Å². The van der Waals surface area contributed by atoms with Crippen molar-refractivity contribution in [1.29, 1.82) is 0 Å². The van der Waals surface area contributed by atoms with E-state index in [9.17, 15) is 4.79 Å². The summed E-state index contributed by atoms with van der Waals surface area (Å²) in [6.07, 6.45) is 2.28. The van der Waals surface area contributed by atoms with E-state index in [1.807, 2.05) is 24.3 Å². The van der Waals surface area contributed by atoms with Gasteiger partial charge >= 0.3 is 0 Å². The lowest BCUT2D eigenvalue weighted by atomic mass is 9.94. The van der Waals surface area contributed by atoms with E-state index in [0.717, 1.165) is 37.2 Å². The van der Waals surface area contributed by atoms with Crippen molar-refractivity contribution in [3.8, 4) is 0 Å². The Kier molecular flexibility index (Phi) is 5.96. The largest absolute Gasteiger partial charge is 0.402 e. The molecule has 1 saturated heterocycles. The Bertz CT molecular complexity index is 1130. The van der Waals surface area contributed by atoms with Crippen molar-refractivity contribution in [2.24, 2.45) is 5.73 Å². The average molecular weight is 427 g/mol. The molecule has 0 amide bonds. The summed E-state index contributed by atoms with van der Waals surface area (Å²) in [6, 6.07) is 9.04. The molecule has 156 valence electrons. The van der Waals surface area contributed by atoms with E-state index in [2.05, 4.69) is 20.4 Å². The zero-order chi connectivity index (χ0) is 21.1. The van der Waals surface area contributed by atoms with E-state index in [0.29, 0.717) is 34.4 Å². The highest BCUT2D eigenvalue weighted by Gasteiger charge is 2.22. The minimum absolute atomic E-state index is 0.211. The number of aromatic amines is 1. The van der Waals surface area contributed by atoms with Crippen LogP contribution in [0.15, 0.2) is 45.3 Å². The van der Waals surface area contributed by atoms with Crippen molar-refractivity contribution in [2.45, 2.75) is 32.1 Å². The third-order valence-electron chi connectivity index (χ3n) is 5.14. The first-order chi connectivity index (χ1) is 14.5. The number of aromatic nitrogens is 4. The number of nitrogens with zero attached hydrogens (tertiary/aromatic N) is 3. The smallest absolute Gasteiger partial charge is 0.263 e. The number of halogens is 1. The Hall–Kier alpha value is -2.97. The van der Waals surface area contributed by atoms with Crippen molar-refractivity contribution in [3.05, 3.63) is 80.2 Å². The van der Waals surface area contributed by atoms with Crippen LogP contribution in [0.3, 0.4) is 0 Å². The topological polar surface area (TPSA) is 123 Å². The summed E-state index contributed by atoms with van der Waals surface area (Å²) in [5.74, 6) is 1.24. The van der Waals surface area contributed by atoms with Gasteiger partial charge in [-0.3, -0.25) is 4.79 Å². The van der Waals surface area contributed by atoms with Gasteiger partial charge in [0.15, 0.2) is 5.82 Å². The van der Waals surface area contributed by atoms with E-state index in [1.165, 1.54) is 0 Å². The summed E-state index contributed by atoms with van der Waals surface area (Å²) in [6.45, 7) is 3.52. The molecule has 0 atom stereocenters. The Morgan fingerprint density at radius 2 is 2.03 bits per heavy atom. The van der Waals surface area contributed by atoms with Gasteiger partial charge in [-0.15, -0.1) is 0 Å². The van der Waals surface area contributed by atoms with Crippen molar-refractivity contribution in [1.82, 2.24) is 25.4 Å². The molecule has 0 bridgehead atoms. The predicted octanol–water partition coefficient (Wildman–Crippen LogP) is 2.60. The summed E-state index contributed by atoms with van der Waals surface area (Å²) < 4.78 is 5.47. The van der Waals surface area contributed by atoms with Gasteiger partial charge in [-0.2, -0.15) is 4.98 Å². The maximum atomic E-state index is 12.3. The van der Waals surface area contributed by atoms with Gasteiger partial charge in [-0.25, -0.2) is 4.98 Å². The zero-order valence-corrected chi connectivity index (χ0v) is 17.4. The number of benzene rings is 1. The van der Waals surface area contributed by atoms with Crippen molar-refractivity contribution < 1.29 is 4.52 Å². The summed E-state index contributed by atoms with van der Waals surface area (Å²) in [5.41, 5.74) is 8.39. The highest BCUT2D eigenvalue weighted by Crippen LogP contribution is 2.26. The van der Waals surface area contributed by atoms with E-state index in [-0.39, 0.29) is 17.4 Å². The van der Waals surface area contributed by atoms with Crippen molar-refractivity contribution in [3.63, 3.8) is 0 Å². The highest BCUT2D eigenvalue weighted by molar-refractivity contribution is 6.31. The molecule has 30 heavy (non-hydrogen) atoms. The third-order valence-corrected chi connectivity index (χ3v) is 5.51. The summed E-state index contributed by atoms with van der Waals surface area (Å²) in [4.78, 5) is 24.3. The van der Waals surface area contributed by atoms with E-state index < -0.39 is 0 Å². The minimum Gasteiger partial charge on any atom is -0.402 e. The number of nitrogens with one attached hydrogen (secondary N) is 2. The lowest BCUT2D eigenvalue weighted by Crippen LogP contribution is -2.28. The van der Waals surface area contributed by atoms with E-state index >= 15 is 0 Å². The van der Waals surface area contributed by atoms with Crippen LogP contribution in [-0.4, -0.2) is 33.2 Å². The Balaban J connectivity index is 1.66. The number of hydrogen-bond donors (Lipinski definition) is 3. The molecule has 0 spiro atoms. The standard InChI is InChI=1S/C21H23ClN6O2/c1-12(23)19(20-25-16(11-18(29)27-20)13-6-8-24-9-7-13)21-26-17(28-30-21)10-14-4-2-3-5-15(14)22/h2-5,11,13,24H,6-10,23H2,1H3,(H,25,27,29). The van der Waals surface area contributed by atoms with Gasteiger partial charge in [0.25, 0.3) is 11.4 Å². The first-order valence-corrected chi connectivity index (χ1v) is 10.2. The lowest BCUT2D eigenvalue weighted by molar-refractivity contribution is 0.401. The van der Waals surface area contributed by atoms with Crippen molar-refractivity contribution >= 4 is 17.2 Å². The van der Waals surface area contributed by atoms with Crippen molar-refractivity contribution in [2.75, 3.05) is 13.1 Å². The van der Waals surface area contributed by atoms with Gasteiger partial charge in [-0.1, -0.05) is 35.0 Å². The molecule has 1 fully saturated rings. The Morgan fingerprint density at radius 3 is 2.77 bits per heavy atom. The van der Waals surface area contributed by atoms with Gasteiger partial charge < -0.3 is 20.6 Å². The second kappa shape index (κ2) is 8.81. The van der Waals surface area contributed by atoms with Gasteiger partial charge in [-0.05, 0) is 44.5 Å². The summed E-state index contributed by atoms with van der Waals surface area (Å²) in [7, 11) is 0. The number of rotatable bonds is 5. The maximum absolute atomic E-state index is 12.3. The van der Waals surface area contributed by atoms with Gasteiger partial charge in [0, 0.05) is 29.1 Å². The van der Waals surface area contributed by atoms with Crippen LogP contribution < -0.4 is 16.6 Å². The molecule has 0 aliphatic carbocycles. The van der Waals surface area contributed by atoms with Crippen LogP contribution in [-0.2, 0) is 6.42 Å². The molecule has 0 saturated carbocycles.